The Labute approximate surface area is 190 Å². The van der Waals surface area contributed by atoms with Gasteiger partial charge >= 0.3 is 0 Å². The van der Waals surface area contributed by atoms with Gasteiger partial charge in [-0.2, -0.15) is 0 Å². The van der Waals surface area contributed by atoms with Crippen LogP contribution in [0.25, 0.3) is 10.2 Å². The van der Waals surface area contributed by atoms with Crippen molar-refractivity contribution in [3.8, 4) is 5.75 Å². The van der Waals surface area contributed by atoms with Crippen molar-refractivity contribution in [3.63, 3.8) is 0 Å². The molecular weight excluding hydrogens is 452 g/mol. The van der Waals surface area contributed by atoms with Crippen LogP contribution >= 0.6 is 34.4 Å². The molecule has 0 aliphatic rings. The summed E-state index contributed by atoms with van der Waals surface area (Å²) in [5.74, 6) is 0.549. The molecule has 4 aromatic rings. The molecule has 0 saturated carbocycles. The first kappa shape index (κ1) is 21.3. The van der Waals surface area contributed by atoms with Crippen LogP contribution in [-0.2, 0) is 9.59 Å². The standard InChI is InChI=1S/C21H18N4O3S3/c1-13-3-2-4-15(9-13)28-11-18(26)23-14-5-6-16-17(10-14)31-21(24-16)30-12-19(27)25-20-22-7-8-29-20/h2-10H,11-12H2,1H3,(H,23,26)(H,22,25,27). The Morgan fingerprint density at radius 2 is 2.03 bits per heavy atom. The molecule has 4 rings (SSSR count). The zero-order valence-corrected chi connectivity index (χ0v) is 18.9. The van der Waals surface area contributed by atoms with E-state index in [9.17, 15) is 9.59 Å². The molecular formula is C21H18N4O3S3. The van der Waals surface area contributed by atoms with Gasteiger partial charge in [-0.1, -0.05) is 23.9 Å². The topological polar surface area (TPSA) is 93.2 Å². The number of anilines is 2. The van der Waals surface area contributed by atoms with Gasteiger partial charge in [0.25, 0.3) is 5.91 Å². The first-order chi connectivity index (χ1) is 15.0. The highest BCUT2D eigenvalue weighted by Crippen LogP contribution is 2.31. The number of aromatic nitrogens is 2. The Kier molecular flexibility index (Phi) is 6.80. The van der Waals surface area contributed by atoms with Crippen molar-refractivity contribution < 1.29 is 14.3 Å². The van der Waals surface area contributed by atoms with Gasteiger partial charge in [-0.15, -0.1) is 22.7 Å². The second-order valence-electron chi connectivity index (χ2n) is 6.49. The third kappa shape index (κ3) is 6.03. The monoisotopic (exact) mass is 470 g/mol. The number of hydrogen-bond acceptors (Lipinski definition) is 8. The van der Waals surface area contributed by atoms with Crippen LogP contribution in [0.5, 0.6) is 5.75 Å². The number of carbonyl (C=O) groups is 2. The average molecular weight is 471 g/mol. The van der Waals surface area contributed by atoms with E-state index in [1.54, 1.807) is 17.6 Å². The first-order valence-corrected chi connectivity index (χ1v) is 12.0. The third-order valence-electron chi connectivity index (χ3n) is 4.02. The van der Waals surface area contributed by atoms with E-state index in [-0.39, 0.29) is 24.2 Å². The Balaban J connectivity index is 1.31. The highest BCUT2D eigenvalue weighted by atomic mass is 32.2. The second-order valence-corrected chi connectivity index (χ2v) is 9.64. The van der Waals surface area contributed by atoms with Gasteiger partial charge in [0.05, 0.1) is 16.0 Å². The van der Waals surface area contributed by atoms with Gasteiger partial charge in [0.15, 0.2) is 16.1 Å². The Bertz CT molecular complexity index is 1210. The lowest BCUT2D eigenvalue weighted by Crippen LogP contribution is -2.20. The van der Waals surface area contributed by atoms with Gasteiger partial charge in [-0.05, 0) is 42.8 Å². The van der Waals surface area contributed by atoms with Gasteiger partial charge in [-0.3, -0.25) is 9.59 Å². The summed E-state index contributed by atoms with van der Waals surface area (Å²) in [4.78, 5) is 32.8. The number of thiazole rings is 2. The summed E-state index contributed by atoms with van der Waals surface area (Å²) < 4.78 is 7.26. The number of thioether (sulfide) groups is 1. The molecule has 2 amide bonds. The average Bonchev–Trinajstić information content (AvgIpc) is 3.40. The van der Waals surface area contributed by atoms with Crippen LogP contribution in [0.4, 0.5) is 10.8 Å². The molecule has 2 heterocycles. The molecule has 7 nitrogen and oxygen atoms in total. The van der Waals surface area contributed by atoms with E-state index >= 15 is 0 Å². The summed E-state index contributed by atoms with van der Waals surface area (Å²) in [7, 11) is 0. The third-order valence-corrected chi connectivity index (χ3v) is 6.87. The fourth-order valence-electron chi connectivity index (χ4n) is 2.66. The summed E-state index contributed by atoms with van der Waals surface area (Å²) >= 11 is 4.22. The van der Waals surface area contributed by atoms with E-state index in [4.69, 9.17) is 4.74 Å². The number of carbonyl (C=O) groups excluding carboxylic acids is 2. The normalized spacial score (nSPS) is 10.7. The van der Waals surface area contributed by atoms with E-state index in [0.29, 0.717) is 16.6 Å². The van der Waals surface area contributed by atoms with Crippen molar-refractivity contribution in [1.29, 1.82) is 0 Å². The molecule has 0 aliphatic carbocycles. The first-order valence-electron chi connectivity index (χ1n) is 9.27. The van der Waals surface area contributed by atoms with E-state index in [0.717, 1.165) is 20.1 Å². The maximum atomic E-state index is 12.2. The number of fused-ring (bicyclic) bond motifs is 1. The number of nitrogens with zero attached hydrogens (tertiary/aromatic N) is 2. The number of amides is 2. The highest BCUT2D eigenvalue weighted by Gasteiger charge is 2.11. The summed E-state index contributed by atoms with van der Waals surface area (Å²) in [5, 5.41) is 7.98. The number of rotatable bonds is 8. The lowest BCUT2D eigenvalue weighted by molar-refractivity contribution is -0.118. The molecule has 0 saturated heterocycles. The maximum absolute atomic E-state index is 12.2. The van der Waals surface area contributed by atoms with E-state index < -0.39 is 0 Å². The predicted octanol–water partition coefficient (Wildman–Crippen LogP) is 4.81. The molecule has 158 valence electrons. The molecule has 0 unspecified atom stereocenters. The van der Waals surface area contributed by atoms with Crippen LogP contribution in [0.1, 0.15) is 5.56 Å². The molecule has 2 aromatic carbocycles. The fraction of sp³-hybridized carbons (Fsp3) is 0.143. The summed E-state index contributed by atoms with van der Waals surface area (Å²) in [6, 6.07) is 13.1. The largest absolute Gasteiger partial charge is 0.484 e. The van der Waals surface area contributed by atoms with Crippen molar-refractivity contribution in [1.82, 2.24) is 9.97 Å². The number of nitrogens with one attached hydrogen (secondary N) is 2. The lowest BCUT2D eigenvalue weighted by atomic mass is 10.2. The number of hydrogen-bond donors (Lipinski definition) is 2. The number of ether oxygens (including phenoxy) is 1. The minimum absolute atomic E-state index is 0.0699. The number of benzene rings is 2. The van der Waals surface area contributed by atoms with Crippen LogP contribution in [0.2, 0.25) is 0 Å². The maximum Gasteiger partial charge on any atom is 0.262 e. The molecule has 0 spiro atoms. The summed E-state index contributed by atoms with van der Waals surface area (Å²) in [6.07, 6.45) is 1.64. The fourth-order valence-corrected chi connectivity index (χ4v) is 5.11. The highest BCUT2D eigenvalue weighted by molar-refractivity contribution is 8.01. The van der Waals surface area contributed by atoms with Crippen molar-refractivity contribution >= 4 is 67.3 Å². The van der Waals surface area contributed by atoms with Crippen LogP contribution in [0, 0.1) is 6.92 Å². The molecule has 31 heavy (non-hydrogen) atoms. The van der Waals surface area contributed by atoms with Crippen LogP contribution < -0.4 is 15.4 Å². The van der Waals surface area contributed by atoms with Crippen LogP contribution in [-0.4, -0.2) is 34.1 Å². The minimum atomic E-state index is -0.237. The van der Waals surface area contributed by atoms with E-state index in [1.807, 2.05) is 43.3 Å². The van der Waals surface area contributed by atoms with Crippen molar-refractivity contribution in [2.75, 3.05) is 23.0 Å². The van der Waals surface area contributed by atoms with E-state index in [2.05, 4.69) is 20.6 Å². The molecule has 0 bridgehead atoms. The molecule has 2 N–H and O–H groups in total. The van der Waals surface area contributed by atoms with Crippen LogP contribution in [0.15, 0.2) is 58.4 Å². The van der Waals surface area contributed by atoms with Gasteiger partial charge in [-0.25, -0.2) is 9.97 Å². The predicted molar refractivity (Wildman–Crippen MR) is 126 cm³/mol. The SMILES string of the molecule is Cc1cccc(OCC(=O)Nc2ccc3nc(SCC(=O)Nc4nccs4)sc3c2)c1. The molecule has 0 radical (unpaired) electrons. The minimum Gasteiger partial charge on any atom is -0.484 e. The molecule has 10 heteroatoms. The molecule has 2 aromatic heterocycles. The number of aryl methyl sites for hydroxylation is 1. The van der Waals surface area contributed by atoms with E-state index in [1.165, 1.54) is 34.4 Å². The van der Waals surface area contributed by atoms with Crippen molar-refractivity contribution in [2.45, 2.75) is 11.3 Å². The zero-order valence-electron chi connectivity index (χ0n) is 16.5. The smallest absolute Gasteiger partial charge is 0.262 e. The van der Waals surface area contributed by atoms with Gasteiger partial charge in [0, 0.05) is 17.3 Å². The lowest BCUT2D eigenvalue weighted by Gasteiger charge is -2.08. The van der Waals surface area contributed by atoms with Gasteiger partial charge < -0.3 is 15.4 Å². The second kappa shape index (κ2) is 9.90. The summed E-state index contributed by atoms with van der Waals surface area (Å²) in [6.45, 7) is 1.90. The quantitative estimate of drug-likeness (QED) is 0.359. The van der Waals surface area contributed by atoms with Crippen LogP contribution in [0.3, 0.4) is 0 Å². The molecule has 0 aliphatic heterocycles. The van der Waals surface area contributed by atoms with Gasteiger partial charge in [0.2, 0.25) is 5.91 Å². The van der Waals surface area contributed by atoms with Gasteiger partial charge in [0.1, 0.15) is 5.75 Å². The molecule has 0 atom stereocenters. The Hall–Kier alpha value is -2.95. The molecule has 0 fully saturated rings. The Morgan fingerprint density at radius 1 is 1.13 bits per heavy atom. The Morgan fingerprint density at radius 3 is 2.84 bits per heavy atom. The summed E-state index contributed by atoms with van der Waals surface area (Å²) in [5.41, 5.74) is 2.57. The van der Waals surface area contributed by atoms with Crippen molar-refractivity contribution in [3.05, 3.63) is 59.6 Å². The zero-order chi connectivity index (χ0) is 21.6. The van der Waals surface area contributed by atoms with Crippen molar-refractivity contribution in [2.24, 2.45) is 0 Å².